The third kappa shape index (κ3) is 2.79. The minimum atomic E-state index is -0.159. The molecule has 1 fully saturated rings. The Labute approximate surface area is 111 Å². The highest BCUT2D eigenvalue weighted by Gasteiger charge is 2.32. The lowest BCUT2D eigenvalue weighted by Crippen LogP contribution is -2.21. The van der Waals surface area contributed by atoms with Gasteiger partial charge >= 0.3 is 0 Å². The summed E-state index contributed by atoms with van der Waals surface area (Å²) in [7, 11) is 0. The Kier molecular flexibility index (Phi) is 3.43. The van der Waals surface area contributed by atoms with Gasteiger partial charge in [0, 0.05) is 17.5 Å². The second-order valence-corrected chi connectivity index (χ2v) is 5.82. The van der Waals surface area contributed by atoms with E-state index in [2.05, 4.69) is 22.8 Å². The van der Waals surface area contributed by atoms with Gasteiger partial charge in [0.25, 0.3) is 0 Å². The van der Waals surface area contributed by atoms with E-state index in [1.807, 2.05) is 6.07 Å². The van der Waals surface area contributed by atoms with Crippen LogP contribution in [-0.4, -0.2) is 0 Å². The summed E-state index contributed by atoms with van der Waals surface area (Å²) in [5.74, 6) is 0.602. The van der Waals surface area contributed by atoms with Crippen LogP contribution >= 0.6 is 11.3 Å². The molecule has 2 aromatic rings. The lowest BCUT2D eigenvalue weighted by Gasteiger charge is -2.17. The second-order valence-electron chi connectivity index (χ2n) is 4.84. The maximum Gasteiger partial charge on any atom is 0.123 e. The van der Waals surface area contributed by atoms with Crippen molar-refractivity contribution in [1.82, 2.24) is 5.32 Å². The van der Waals surface area contributed by atoms with Gasteiger partial charge in [0.15, 0.2) is 0 Å². The number of thiophene rings is 1. The van der Waals surface area contributed by atoms with Crippen LogP contribution in [0.3, 0.4) is 0 Å². The molecular formula is C15H16FNS. The monoisotopic (exact) mass is 261 g/mol. The van der Waals surface area contributed by atoms with E-state index in [1.165, 1.54) is 23.8 Å². The molecule has 0 aliphatic heterocycles. The zero-order chi connectivity index (χ0) is 12.4. The van der Waals surface area contributed by atoms with E-state index in [0.717, 1.165) is 18.0 Å². The van der Waals surface area contributed by atoms with Crippen molar-refractivity contribution in [2.75, 3.05) is 0 Å². The molecule has 1 nitrogen and oxygen atoms in total. The highest BCUT2D eigenvalue weighted by Crippen LogP contribution is 2.42. The number of hydrogen-bond donors (Lipinski definition) is 1. The first-order chi connectivity index (χ1) is 8.83. The van der Waals surface area contributed by atoms with Gasteiger partial charge in [-0.3, -0.25) is 0 Å². The quantitative estimate of drug-likeness (QED) is 0.853. The third-order valence-corrected chi connectivity index (χ3v) is 4.31. The molecule has 3 heteroatoms. The summed E-state index contributed by atoms with van der Waals surface area (Å²) in [6, 6.07) is 11.5. The maximum atomic E-state index is 13.1. The van der Waals surface area contributed by atoms with Gasteiger partial charge in [-0.1, -0.05) is 18.2 Å². The number of nitrogens with one attached hydrogen (secondary N) is 1. The van der Waals surface area contributed by atoms with Crippen LogP contribution in [0.2, 0.25) is 0 Å². The molecule has 1 aromatic carbocycles. The molecule has 1 aliphatic carbocycles. The molecule has 1 aliphatic rings. The molecule has 3 rings (SSSR count). The van der Waals surface area contributed by atoms with Crippen molar-refractivity contribution in [3.63, 3.8) is 0 Å². The molecular weight excluding hydrogens is 245 g/mol. The zero-order valence-electron chi connectivity index (χ0n) is 10.1. The Balaban J connectivity index is 1.67. The van der Waals surface area contributed by atoms with Crippen molar-refractivity contribution in [3.05, 3.63) is 58.0 Å². The fourth-order valence-corrected chi connectivity index (χ4v) is 3.17. The lowest BCUT2D eigenvalue weighted by atomic mass is 10.1. The fourth-order valence-electron chi connectivity index (χ4n) is 2.27. The van der Waals surface area contributed by atoms with Gasteiger partial charge in [-0.2, -0.15) is 0 Å². The molecule has 0 bridgehead atoms. The van der Waals surface area contributed by atoms with Gasteiger partial charge in [0.05, 0.1) is 0 Å². The van der Waals surface area contributed by atoms with Gasteiger partial charge in [0.2, 0.25) is 0 Å². The predicted octanol–water partition coefficient (Wildman–Crippen LogP) is 4.13. The molecule has 0 amide bonds. The van der Waals surface area contributed by atoms with E-state index in [0.29, 0.717) is 6.04 Å². The molecule has 0 radical (unpaired) electrons. The molecule has 1 aromatic heterocycles. The van der Waals surface area contributed by atoms with Crippen molar-refractivity contribution in [1.29, 1.82) is 0 Å². The summed E-state index contributed by atoms with van der Waals surface area (Å²) in [4.78, 5) is 1.40. The molecule has 1 atom stereocenters. The van der Waals surface area contributed by atoms with Crippen molar-refractivity contribution in [3.8, 4) is 0 Å². The van der Waals surface area contributed by atoms with Gasteiger partial charge in [-0.05, 0) is 47.9 Å². The number of halogens is 1. The first kappa shape index (κ1) is 11.9. The molecule has 18 heavy (non-hydrogen) atoms. The SMILES string of the molecule is Fc1cccc(CNC(c2cccs2)C2CC2)c1. The van der Waals surface area contributed by atoms with Crippen molar-refractivity contribution in [2.24, 2.45) is 5.92 Å². The average molecular weight is 261 g/mol. The Hall–Kier alpha value is -1.19. The summed E-state index contributed by atoms with van der Waals surface area (Å²) in [6.45, 7) is 0.733. The van der Waals surface area contributed by atoms with E-state index >= 15 is 0 Å². The van der Waals surface area contributed by atoms with E-state index in [9.17, 15) is 4.39 Å². The third-order valence-electron chi connectivity index (χ3n) is 3.36. The van der Waals surface area contributed by atoms with E-state index in [1.54, 1.807) is 23.5 Å². The van der Waals surface area contributed by atoms with E-state index < -0.39 is 0 Å². The normalized spacial score (nSPS) is 16.7. The molecule has 1 saturated carbocycles. The first-order valence-corrected chi connectivity index (χ1v) is 7.22. The van der Waals surface area contributed by atoms with Crippen LogP contribution < -0.4 is 5.32 Å². The van der Waals surface area contributed by atoms with Crippen LogP contribution in [0.15, 0.2) is 41.8 Å². The Morgan fingerprint density at radius 2 is 2.17 bits per heavy atom. The molecule has 94 valence electrons. The highest BCUT2D eigenvalue weighted by atomic mass is 32.1. The first-order valence-electron chi connectivity index (χ1n) is 6.34. The van der Waals surface area contributed by atoms with E-state index in [-0.39, 0.29) is 5.82 Å². The summed E-state index contributed by atoms with van der Waals surface area (Å²) in [6.07, 6.45) is 2.61. The van der Waals surface area contributed by atoms with Gasteiger partial charge < -0.3 is 5.32 Å². The maximum absolute atomic E-state index is 13.1. The van der Waals surface area contributed by atoms with Gasteiger partial charge in [-0.25, -0.2) is 4.39 Å². The summed E-state index contributed by atoms with van der Waals surface area (Å²) < 4.78 is 13.1. The average Bonchev–Trinajstić information content (AvgIpc) is 3.05. The smallest absolute Gasteiger partial charge is 0.123 e. The van der Waals surface area contributed by atoms with Crippen LogP contribution in [-0.2, 0) is 6.54 Å². The Bertz CT molecular complexity index is 505. The highest BCUT2D eigenvalue weighted by molar-refractivity contribution is 7.10. The number of hydrogen-bond acceptors (Lipinski definition) is 2. The van der Waals surface area contributed by atoms with Crippen LogP contribution in [0.1, 0.15) is 29.3 Å². The molecule has 0 saturated heterocycles. The van der Waals surface area contributed by atoms with Gasteiger partial charge in [-0.15, -0.1) is 11.3 Å². The second kappa shape index (κ2) is 5.21. The van der Waals surface area contributed by atoms with Crippen LogP contribution in [0.4, 0.5) is 4.39 Å². The molecule has 0 spiro atoms. The minimum absolute atomic E-state index is 0.159. The lowest BCUT2D eigenvalue weighted by molar-refractivity contribution is 0.486. The Morgan fingerprint density at radius 1 is 1.28 bits per heavy atom. The Morgan fingerprint density at radius 3 is 2.83 bits per heavy atom. The summed E-state index contributed by atoms with van der Waals surface area (Å²) in [5, 5.41) is 5.69. The molecule has 1 N–H and O–H groups in total. The van der Waals surface area contributed by atoms with E-state index in [4.69, 9.17) is 0 Å². The van der Waals surface area contributed by atoms with Crippen LogP contribution in [0.25, 0.3) is 0 Å². The fraction of sp³-hybridized carbons (Fsp3) is 0.333. The summed E-state index contributed by atoms with van der Waals surface area (Å²) >= 11 is 1.80. The topological polar surface area (TPSA) is 12.0 Å². The van der Waals surface area contributed by atoms with Crippen molar-refractivity contribution in [2.45, 2.75) is 25.4 Å². The summed E-state index contributed by atoms with van der Waals surface area (Å²) in [5.41, 5.74) is 1.01. The van der Waals surface area contributed by atoms with Crippen LogP contribution in [0.5, 0.6) is 0 Å². The minimum Gasteiger partial charge on any atom is -0.305 e. The largest absolute Gasteiger partial charge is 0.305 e. The number of rotatable bonds is 5. The van der Waals surface area contributed by atoms with Crippen molar-refractivity contribution < 1.29 is 4.39 Å². The standard InChI is InChI=1S/C15H16FNS/c16-13-4-1-3-11(9-13)10-17-15(12-6-7-12)14-5-2-8-18-14/h1-5,8-9,12,15,17H,6-7,10H2. The van der Waals surface area contributed by atoms with Gasteiger partial charge in [0.1, 0.15) is 5.82 Å². The molecule has 1 heterocycles. The number of benzene rings is 1. The van der Waals surface area contributed by atoms with Crippen molar-refractivity contribution >= 4 is 11.3 Å². The van der Waals surface area contributed by atoms with Crippen LogP contribution in [0, 0.1) is 11.7 Å². The predicted molar refractivity (Wildman–Crippen MR) is 73.0 cm³/mol. The molecule has 1 unspecified atom stereocenters. The zero-order valence-corrected chi connectivity index (χ0v) is 10.9.